The number of fused-ring (bicyclic) bond motifs is 3. The Morgan fingerprint density at radius 1 is 1.03 bits per heavy atom. The quantitative estimate of drug-likeness (QED) is 0.319. The summed E-state index contributed by atoms with van der Waals surface area (Å²) in [6.07, 6.45) is -0.396. The van der Waals surface area contributed by atoms with E-state index in [9.17, 15) is 9.90 Å². The first-order valence-corrected chi connectivity index (χ1v) is 11.0. The van der Waals surface area contributed by atoms with E-state index in [1.54, 1.807) is 16.8 Å². The summed E-state index contributed by atoms with van der Waals surface area (Å²) in [7, 11) is 0. The van der Waals surface area contributed by atoms with Gasteiger partial charge in [-0.2, -0.15) is 0 Å². The lowest BCUT2D eigenvalue weighted by molar-refractivity contribution is -0.759. The van der Waals surface area contributed by atoms with Crippen LogP contribution in [0.4, 0.5) is 5.69 Å². The van der Waals surface area contributed by atoms with Crippen molar-refractivity contribution in [3.63, 3.8) is 0 Å². The van der Waals surface area contributed by atoms with Gasteiger partial charge in [-0.15, -0.1) is 0 Å². The number of aromatic hydroxyl groups is 1. The molecule has 6 nitrogen and oxygen atoms in total. The average Bonchev–Trinajstić information content (AvgIpc) is 2.78. The Morgan fingerprint density at radius 2 is 1.77 bits per heavy atom. The molecular formula is C23H18ClN4O2S+. The molecular weight excluding hydrogens is 432 g/mol. The number of halogens is 1. The Bertz CT molecular complexity index is 1320. The zero-order valence-electron chi connectivity index (χ0n) is 16.2. The largest absolute Gasteiger partial charge is 0.508 e. The first-order valence-electron chi connectivity index (χ1n) is 9.67. The molecule has 0 saturated heterocycles. The molecule has 8 heteroatoms. The van der Waals surface area contributed by atoms with Crippen LogP contribution in [0, 0.1) is 0 Å². The number of nitrogens with zero attached hydrogens (tertiary/aromatic N) is 2. The zero-order valence-corrected chi connectivity index (χ0v) is 17.8. The van der Waals surface area contributed by atoms with Gasteiger partial charge >= 0.3 is 11.3 Å². The van der Waals surface area contributed by atoms with Gasteiger partial charge in [0.1, 0.15) is 5.75 Å². The van der Waals surface area contributed by atoms with E-state index in [1.165, 1.54) is 11.8 Å². The highest BCUT2D eigenvalue weighted by Gasteiger charge is 2.37. The topological polar surface area (TPSA) is 81.9 Å². The molecule has 2 heterocycles. The number of phenols is 1. The van der Waals surface area contributed by atoms with Gasteiger partial charge in [-0.3, -0.25) is 9.78 Å². The van der Waals surface area contributed by atoms with E-state index < -0.39 is 6.17 Å². The van der Waals surface area contributed by atoms with Gasteiger partial charge < -0.3 is 10.4 Å². The lowest BCUT2D eigenvalue weighted by Gasteiger charge is -2.22. The first-order chi connectivity index (χ1) is 15.1. The van der Waals surface area contributed by atoms with Gasteiger partial charge in [0, 0.05) is 21.4 Å². The van der Waals surface area contributed by atoms with E-state index in [0.717, 1.165) is 22.4 Å². The summed E-state index contributed by atoms with van der Waals surface area (Å²) in [6, 6.07) is 22.1. The maximum Gasteiger partial charge on any atom is 0.325 e. The van der Waals surface area contributed by atoms with Crippen LogP contribution in [-0.4, -0.2) is 15.2 Å². The van der Waals surface area contributed by atoms with Gasteiger partial charge in [-0.1, -0.05) is 53.7 Å². The average molecular weight is 450 g/mol. The van der Waals surface area contributed by atoms with Gasteiger partial charge in [0.25, 0.3) is 6.17 Å². The Kier molecular flexibility index (Phi) is 5.13. The molecule has 0 radical (unpaired) electrons. The van der Waals surface area contributed by atoms with Crippen LogP contribution in [0.2, 0.25) is 5.02 Å². The molecule has 1 aromatic heterocycles. The SMILES string of the molecule is O=c1[nH]c(SCc2ccccc2Cl)n[n+]2c1-c1ccccc1N[C@H]2c1ccc(O)cc1. The van der Waals surface area contributed by atoms with Crippen LogP contribution < -0.4 is 15.6 Å². The van der Waals surface area contributed by atoms with Crippen molar-refractivity contribution in [2.24, 2.45) is 0 Å². The van der Waals surface area contributed by atoms with Gasteiger partial charge in [0.2, 0.25) is 5.16 Å². The molecule has 3 N–H and O–H groups in total. The lowest BCUT2D eigenvalue weighted by atomic mass is 10.0. The van der Waals surface area contributed by atoms with E-state index in [4.69, 9.17) is 16.7 Å². The third-order valence-electron chi connectivity index (χ3n) is 5.11. The minimum absolute atomic E-state index is 0.181. The van der Waals surface area contributed by atoms with E-state index in [2.05, 4.69) is 10.3 Å². The van der Waals surface area contributed by atoms with Crippen LogP contribution in [0.1, 0.15) is 17.3 Å². The second kappa shape index (κ2) is 8.09. The van der Waals surface area contributed by atoms with E-state index in [0.29, 0.717) is 21.6 Å². The maximum absolute atomic E-state index is 13.1. The van der Waals surface area contributed by atoms with Crippen molar-refractivity contribution in [1.82, 2.24) is 10.1 Å². The van der Waals surface area contributed by atoms with Crippen LogP contribution >= 0.6 is 23.4 Å². The van der Waals surface area contributed by atoms with Gasteiger partial charge in [-0.25, -0.2) is 0 Å². The fourth-order valence-electron chi connectivity index (χ4n) is 3.60. The number of benzene rings is 3. The Hall–Kier alpha value is -3.29. The number of hydrogen-bond acceptors (Lipinski definition) is 5. The van der Waals surface area contributed by atoms with Crippen LogP contribution in [-0.2, 0) is 5.75 Å². The number of rotatable bonds is 4. The molecule has 0 unspecified atom stereocenters. The lowest BCUT2D eigenvalue weighted by Crippen LogP contribution is -2.55. The Morgan fingerprint density at radius 3 is 2.58 bits per heavy atom. The van der Waals surface area contributed by atoms with Crippen molar-refractivity contribution >= 4 is 29.1 Å². The minimum Gasteiger partial charge on any atom is -0.508 e. The van der Waals surface area contributed by atoms with E-state index in [1.807, 2.05) is 60.7 Å². The number of aromatic amines is 1. The standard InChI is InChI=1S/C23H17ClN4O2S/c24-18-7-3-1-5-15(18)13-31-23-26-22(30)20-17-6-2-4-8-19(17)25-21(28(20)27-23)14-9-11-16(29)12-10-14/h1-12,21H,13H2,(H2,26,27,29,30)/p+1/t21-/m1/s1. The number of thioether (sulfide) groups is 1. The van der Waals surface area contributed by atoms with Crippen LogP contribution in [0.5, 0.6) is 5.75 Å². The summed E-state index contributed by atoms with van der Waals surface area (Å²) in [5, 5.41) is 19.1. The molecule has 1 atom stereocenters. The second-order valence-corrected chi connectivity index (χ2v) is 8.49. The van der Waals surface area contributed by atoms with Gasteiger partial charge in [0.15, 0.2) is 0 Å². The zero-order chi connectivity index (χ0) is 21.4. The summed E-state index contributed by atoms with van der Waals surface area (Å²) in [6.45, 7) is 0. The summed E-state index contributed by atoms with van der Waals surface area (Å²) < 4.78 is 1.71. The predicted octanol–water partition coefficient (Wildman–Crippen LogP) is 4.35. The molecule has 0 fully saturated rings. The normalized spacial score (nSPS) is 14.4. The molecule has 0 aliphatic carbocycles. The first kappa shape index (κ1) is 19.7. The molecule has 1 aliphatic heterocycles. The van der Waals surface area contributed by atoms with E-state index >= 15 is 0 Å². The van der Waals surface area contributed by atoms with Gasteiger partial charge in [-0.05, 0) is 52.7 Å². The van der Waals surface area contributed by atoms with Crippen molar-refractivity contribution in [3.05, 3.63) is 99.3 Å². The number of hydrogen-bond donors (Lipinski definition) is 3. The minimum atomic E-state index is -0.396. The van der Waals surface area contributed by atoms with Crippen molar-refractivity contribution in [2.45, 2.75) is 17.1 Å². The van der Waals surface area contributed by atoms with Crippen LogP contribution in [0.3, 0.4) is 0 Å². The fraction of sp³-hybridized carbons (Fsp3) is 0.0870. The maximum atomic E-state index is 13.1. The molecule has 1 aliphatic rings. The van der Waals surface area contributed by atoms with Crippen molar-refractivity contribution < 1.29 is 9.79 Å². The Labute approximate surface area is 187 Å². The second-order valence-electron chi connectivity index (χ2n) is 7.12. The molecule has 0 saturated carbocycles. The number of anilines is 1. The summed E-state index contributed by atoms with van der Waals surface area (Å²) >= 11 is 7.68. The van der Waals surface area contributed by atoms with Crippen molar-refractivity contribution in [1.29, 1.82) is 0 Å². The summed E-state index contributed by atoms with van der Waals surface area (Å²) in [4.78, 5) is 16.0. The molecule has 3 aromatic carbocycles. The molecule has 0 bridgehead atoms. The number of aromatic nitrogens is 3. The number of nitrogens with one attached hydrogen (secondary N) is 2. The fourth-order valence-corrected chi connectivity index (χ4v) is 4.73. The number of phenolic OH excluding ortho intramolecular Hbond substituents is 1. The summed E-state index contributed by atoms with van der Waals surface area (Å²) in [5.41, 5.74) is 3.75. The highest BCUT2D eigenvalue weighted by Crippen LogP contribution is 2.32. The molecule has 4 aromatic rings. The number of para-hydroxylation sites is 1. The third kappa shape index (κ3) is 3.78. The van der Waals surface area contributed by atoms with Crippen molar-refractivity contribution in [2.75, 3.05) is 5.32 Å². The van der Waals surface area contributed by atoms with Gasteiger partial charge in [0.05, 0.1) is 11.3 Å². The third-order valence-corrected chi connectivity index (χ3v) is 6.39. The number of H-pyrrole nitrogens is 1. The van der Waals surface area contributed by atoms with Crippen LogP contribution in [0.25, 0.3) is 11.3 Å². The monoisotopic (exact) mass is 449 g/mol. The summed E-state index contributed by atoms with van der Waals surface area (Å²) in [5.74, 6) is 0.760. The molecule has 31 heavy (non-hydrogen) atoms. The molecule has 0 spiro atoms. The molecule has 5 rings (SSSR count). The van der Waals surface area contributed by atoms with Crippen molar-refractivity contribution in [3.8, 4) is 17.0 Å². The predicted molar refractivity (Wildman–Crippen MR) is 121 cm³/mol. The molecule has 0 amide bonds. The highest BCUT2D eigenvalue weighted by atomic mass is 35.5. The van der Waals surface area contributed by atoms with E-state index in [-0.39, 0.29) is 11.3 Å². The Balaban J connectivity index is 1.59. The smallest absolute Gasteiger partial charge is 0.325 e. The highest BCUT2D eigenvalue weighted by molar-refractivity contribution is 7.98. The molecule has 154 valence electrons. The van der Waals surface area contributed by atoms with Crippen LogP contribution in [0.15, 0.2) is 82.7 Å².